The summed E-state index contributed by atoms with van der Waals surface area (Å²) in [6.45, 7) is 1.86. The van der Waals surface area contributed by atoms with Gasteiger partial charge in [-0.1, -0.05) is 0 Å². The maximum Gasteiger partial charge on any atom is 0.265 e. The smallest absolute Gasteiger partial charge is 0.265 e. The minimum atomic E-state index is -0.205. The van der Waals surface area contributed by atoms with Gasteiger partial charge in [0.1, 0.15) is 10.3 Å². The first-order chi connectivity index (χ1) is 8.69. The number of rotatable bonds is 8. The summed E-state index contributed by atoms with van der Waals surface area (Å²) in [5.74, 6) is 0.590. The van der Waals surface area contributed by atoms with E-state index in [4.69, 9.17) is 14.2 Å². The van der Waals surface area contributed by atoms with Gasteiger partial charge >= 0.3 is 0 Å². The van der Waals surface area contributed by atoms with Gasteiger partial charge < -0.3 is 19.2 Å². The largest absolute Gasteiger partial charge is 0.382 e. The Kier molecular flexibility index (Phi) is 7.11. The number of methoxy groups -OCH3 is 2. The average Bonchev–Trinajstić information content (AvgIpc) is 2.35. The quantitative estimate of drug-likeness (QED) is 0.720. The summed E-state index contributed by atoms with van der Waals surface area (Å²) in [7, 11) is 3.18. The molecule has 1 N–H and O–H groups in total. The zero-order valence-corrected chi connectivity index (χ0v) is 12.1. The fraction of sp³-hybridized carbons (Fsp3) is 0.636. The van der Waals surface area contributed by atoms with E-state index in [9.17, 15) is 4.79 Å². The third-order valence-electron chi connectivity index (χ3n) is 2.18. The number of hydrogen-bond acceptors (Lipinski definition) is 5. The molecule has 0 aliphatic heterocycles. The van der Waals surface area contributed by atoms with Crippen molar-refractivity contribution >= 4 is 15.9 Å². The second-order valence-electron chi connectivity index (χ2n) is 3.56. The first-order valence-electron chi connectivity index (χ1n) is 5.52. The molecule has 0 atom stereocenters. The summed E-state index contributed by atoms with van der Waals surface area (Å²) < 4.78 is 15.6. The van der Waals surface area contributed by atoms with Gasteiger partial charge in [0.25, 0.3) is 5.56 Å². The fourth-order valence-corrected chi connectivity index (χ4v) is 1.62. The molecule has 0 saturated heterocycles. The number of ether oxygens (including phenoxy) is 3. The number of nitrogens with one attached hydrogen (secondary N) is 1. The van der Waals surface area contributed by atoms with Gasteiger partial charge in [-0.15, -0.1) is 0 Å². The van der Waals surface area contributed by atoms with Crippen LogP contribution in [0.25, 0.3) is 0 Å². The molecule has 0 amide bonds. The zero-order chi connectivity index (χ0) is 13.4. The van der Waals surface area contributed by atoms with E-state index in [1.165, 1.54) is 0 Å². The van der Waals surface area contributed by atoms with Crippen molar-refractivity contribution in [2.45, 2.75) is 13.0 Å². The number of nitrogens with zero attached hydrogens (tertiary/aromatic N) is 1. The van der Waals surface area contributed by atoms with Crippen molar-refractivity contribution < 1.29 is 14.2 Å². The van der Waals surface area contributed by atoms with Crippen molar-refractivity contribution in [3.8, 4) is 0 Å². The first-order valence-corrected chi connectivity index (χ1v) is 6.31. The number of aromatic nitrogens is 2. The van der Waals surface area contributed by atoms with Crippen LogP contribution in [-0.4, -0.2) is 44.0 Å². The van der Waals surface area contributed by atoms with Gasteiger partial charge in [-0.2, -0.15) is 0 Å². The molecular weight excluding hydrogens is 304 g/mol. The van der Waals surface area contributed by atoms with Crippen LogP contribution in [0.5, 0.6) is 0 Å². The summed E-state index contributed by atoms with van der Waals surface area (Å²) in [6.07, 6.45) is 0.545. The predicted octanol–water partition coefficient (Wildman–Crippen LogP) is 0.884. The monoisotopic (exact) mass is 320 g/mol. The molecule has 0 unspecified atom stereocenters. The summed E-state index contributed by atoms with van der Waals surface area (Å²) in [5, 5.41) is 0. The highest BCUT2D eigenvalue weighted by Gasteiger charge is 2.08. The van der Waals surface area contributed by atoms with Crippen LogP contribution in [0, 0.1) is 0 Å². The Morgan fingerprint density at radius 3 is 2.67 bits per heavy atom. The first kappa shape index (κ1) is 15.3. The summed E-state index contributed by atoms with van der Waals surface area (Å²) in [5.41, 5.74) is 0.386. The molecule has 0 aliphatic carbocycles. The Morgan fingerprint density at radius 2 is 2.00 bits per heavy atom. The van der Waals surface area contributed by atoms with Crippen LogP contribution in [0.15, 0.2) is 9.27 Å². The van der Waals surface area contributed by atoms with Gasteiger partial charge in [0.05, 0.1) is 32.1 Å². The zero-order valence-electron chi connectivity index (χ0n) is 10.5. The minimum Gasteiger partial charge on any atom is -0.382 e. The maximum absolute atomic E-state index is 11.6. The lowest BCUT2D eigenvalue weighted by Gasteiger charge is -2.06. The third kappa shape index (κ3) is 4.85. The van der Waals surface area contributed by atoms with Crippen LogP contribution in [0.2, 0.25) is 0 Å². The van der Waals surface area contributed by atoms with E-state index in [1.54, 1.807) is 14.2 Å². The van der Waals surface area contributed by atoms with Gasteiger partial charge in [-0.05, 0) is 15.9 Å². The molecule has 0 fully saturated rings. The Morgan fingerprint density at radius 1 is 1.22 bits per heavy atom. The van der Waals surface area contributed by atoms with E-state index in [-0.39, 0.29) is 5.56 Å². The van der Waals surface area contributed by atoms with E-state index >= 15 is 0 Å². The highest BCUT2D eigenvalue weighted by molar-refractivity contribution is 9.10. The molecule has 1 heterocycles. The summed E-state index contributed by atoms with van der Waals surface area (Å²) in [4.78, 5) is 18.6. The molecule has 18 heavy (non-hydrogen) atoms. The van der Waals surface area contributed by atoms with E-state index in [2.05, 4.69) is 25.9 Å². The SMILES string of the molecule is COCCOCCc1nc(COC)c(Br)c(=O)[nH]1. The third-order valence-corrected chi connectivity index (χ3v) is 2.99. The lowest BCUT2D eigenvalue weighted by Crippen LogP contribution is -2.17. The molecule has 0 bridgehead atoms. The molecule has 0 radical (unpaired) electrons. The molecule has 1 rings (SSSR count). The van der Waals surface area contributed by atoms with Crippen LogP contribution in [0.4, 0.5) is 0 Å². The lowest BCUT2D eigenvalue weighted by atomic mass is 10.3. The standard InChI is InChI=1S/C11H17BrN2O4/c1-16-5-6-18-4-3-9-13-8(7-17-2)10(12)11(15)14-9/h3-7H2,1-2H3,(H,13,14,15). The van der Waals surface area contributed by atoms with Gasteiger partial charge in [0, 0.05) is 20.6 Å². The van der Waals surface area contributed by atoms with Crippen LogP contribution < -0.4 is 5.56 Å². The molecule has 0 aromatic carbocycles. The van der Waals surface area contributed by atoms with E-state index < -0.39 is 0 Å². The Hall–Kier alpha value is -0.760. The Labute approximate surface area is 114 Å². The Bertz CT molecular complexity index is 422. The molecule has 0 saturated carbocycles. The van der Waals surface area contributed by atoms with Crippen molar-refractivity contribution in [3.05, 3.63) is 26.3 Å². The average molecular weight is 321 g/mol. The highest BCUT2D eigenvalue weighted by Crippen LogP contribution is 2.09. The Balaban J connectivity index is 2.58. The summed E-state index contributed by atoms with van der Waals surface area (Å²) in [6, 6.07) is 0. The van der Waals surface area contributed by atoms with Crippen LogP contribution >= 0.6 is 15.9 Å². The van der Waals surface area contributed by atoms with Crippen molar-refractivity contribution in [1.29, 1.82) is 0 Å². The van der Waals surface area contributed by atoms with Gasteiger partial charge in [0.15, 0.2) is 0 Å². The highest BCUT2D eigenvalue weighted by atomic mass is 79.9. The van der Waals surface area contributed by atoms with Crippen LogP contribution in [-0.2, 0) is 27.2 Å². The second-order valence-corrected chi connectivity index (χ2v) is 4.35. The van der Waals surface area contributed by atoms with Gasteiger partial charge in [-0.3, -0.25) is 4.79 Å². The van der Waals surface area contributed by atoms with Crippen molar-refractivity contribution in [2.24, 2.45) is 0 Å². The number of aromatic amines is 1. The van der Waals surface area contributed by atoms with Crippen molar-refractivity contribution in [2.75, 3.05) is 34.0 Å². The van der Waals surface area contributed by atoms with Gasteiger partial charge in [-0.25, -0.2) is 4.98 Å². The molecule has 1 aromatic heterocycles. The van der Waals surface area contributed by atoms with E-state index in [0.29, 0.717) is 48.8 Å². The van der Waals surface area contributed by atoms with Crippen LogP contribution in [0.3, 0.4) is 0 Å². The molecular formula is C11H17BrN2O4. The van der Waals surface area contributed by atoms with E-state index in [0.717, 1.165) is 0 Å². The fourth-order valence-electron chi connectivity index (χ4n) is 1.32. The summed E-state index contributed by atoms with van der Waals surface area (Å²) >= 11 is 3.18. The second kappa shape index (κ2) is 8.36. The minimum absolute atomic E-state index is 0.205. The lowest BCUT2D eigenvalue weighted by molar-refractivity contribution is 0.0715. The van der Waals surface area contributed by atoms with Crippen molar-refractivity contribution in [1.82, 2.24) is 9.97 Å². The number of hydrogen-bond donors (Lipinski definition) is 1. The van der Waals surface area contributed by atoms with Crippen molar-refractivity contribution in [3.63, 3.8) is 0 Å². The molecule has 6 nitrogen and oxygen atoms in total. The predicted molar refractivity (Wildman–Crippen MR) is 69.7 cm³/mol. The number of halogens is 1. The number of H-pyrrole nitrogens is 1. The van der Waals surface area contributed by atoms with Gasteiger partial charge in [0.2, 0.25) is 0 Å². The topological polar surface area (TPSA) is 73.4 Å². The molecule has 7 heteroatoms. The molecule has 0 aliphatic rings. The van der Waals surface area contributed by atoms with Crippen LogP contribution in [0.1, 0.15) is 11.5 Å². The van der Waals surface area contributed by atoms with E-state index in [1.807, 2.05) is 0 Å². The molecule has 102 valence electrons. The molecule has 1 aromatic rings. The molecule has 0 spiro atoms. The normalized spacial score (nSPS) is 10.8. The maximum atomic E-state index is 11.6.